The van der Waals surface area contributed by atoms with Crippen LogP contribution in [0.3, 0.4) is 0 Å². The zero-order chi connectivity index (χ0) is 14.1. The normalized spacial score (nSPS) is 10.4. The van der Waals surface area contributed by atoms with Gasteiger partial charge in [0.1, 0.15) is 0 Å². The van der Waals surface area contributed by atoms with Gasteiger partial charge >= 0.3 is 0 Å². The summed E-state index contributed by atoms with van der Waals surface area (Å²) in [6, 6.07) is 5.46. The van der Waals surface area contributed by atoms with Crippen LogP contribution in [0.25, 0.3) is 0 Å². The summed E-state index contributed by atoms with van der Waals surface area (Å²) in [4.78, 5) is 11.9. The van der Waals surface area contributed by atoms with Crippen LogP contribution < -0.4 is 11.1 Å². The van der Waals surface area contributed by atoms with Crippen LogP contribution in [0, 0.1) is 6.92 Å². The number of nitrogen functional groups attached to an aromatic ring is 1. The first-order valence-electron chi connectivity index (χ1n) is 7.29. The van der Waals surface area contributed by atoms with Gasteiger partial charge in [-0.2, -0.15) is 0 Å². The third-order valence-electron chi connectivity index (χ3n) is 3.18. The van der Waals surface area contributed by atoms with Gasteiger partial charge in [-0.1, -0.05) is 39.0 Å². The first-order chi connectivity index (χ1) is 9.13. The molecule has 0 radical (unpaired) electrons. The molecule has 0 unspecified atom stereocenters. The fourth-order valence-corrected chi connectivity index (χ4v) is 2.15. The van der Waals surface area contributed by atoms with Gasteiger partial charge in [-0.25, -0.2) is 0 Å². The van der Waals surface area contributed by atoms with Gasteiger partial charge in [0, 0.05) is 17.8 Å². The Morgan fingerprint density at radius 3 is 2.47 bits per heavy atom. The van der Waals surface area contributed by atoms with Crippen molar-refractivity contribution < 1.29 is 4.79 Å². The van der Waals surface area contributed by atoms with E-state index >= 15 is 0 Å². The second kappa shape index (κ2) is 8.57. The van der Waals surface area contributed by atoms with Crippen molar-refractivity contribution in [2.45, 2.75) is 52.4 Å². The fraction of sp³-hybridized carbons (Fsp3) is 0.562. The molecule has 0 aliphatic carbocycles. The maximum atomic E-state index is 11.9. The molecule has 1 aromatic carbocycles. The SMILES string of the molecule is CCCCCCCCNC(=O)c1cc(C)cc(N)c1. The summed E-state index contributed by atoms with van der Waals surface area (Å²) in [6.07, 6.45) is 7.40. The van der Waals surface area contributed by atoms with E-state index in [-0.39, 0.29) is 5.91 Å². The Morgan fingerprint density at radius 1 is 1.11 bits per heavy atom. The quantitative estimate of drug-likeness (QED) is 0.555. The fourth-order valence-electron chi connectivity index (χ4n) is 2.15. The van der Waals surface area contributed by atoms with Crippen LogP contribution in [0.4, 0.5) is 5.69 Å². The molecule has 1 amide bonds. The van der Waals surface area contributed by atoms with Crippen LogP contribution in [-0.4, -0.2) is 12.5 Å². The number of rotatable bonds is 8. The Hall–Kier alpha value is -1.51. The van der Waals surface area contributed by atoms with Gasteiger partial charge in [0.25, 0.3) is 5.91 Å². The van der Waals surface area contributed by atoms with E-state index in [1.54, 1.807) is 6.07 Å². The highest BCUT2D eigenvalue weighted by Gasteiger charge is 2.05. The lowest BCUT2D eigenvalue weighted by Crippen LogP contribution is -2.24. The summed E-state index contributed by atoms with van der Waals surface area (Å²) in [5.74, 6) is -0.0241. The highest BCUT2D eigenvalue weighted by Crippen LogP contribution is 2.11. The molecule has 0 aliphatic rings. The number of carbonyl (C=O) groups is 1. The molecule has 19 heavy (non-hydrogen) atoms. The zero-order valence-electron chi connectivity index (χ0n) is 12.2. The molecule has 0 heterocycles. The van der Waals surface area contributed by atoms with Crippen LogP contribution in [0.1, 0.15) is 61.4 Å². The van der Waals surface area contributed by atoms with Gasteiger partial charge < -0.3 is 11.1 Å². The summed E-state index contributed by atoms with van der Waals surface area (Å²) >= 11 is 0. The van der Waals surface area contributed by atoms with Crippen LogP contribution in [0.2, 0.25) is 0 Å². The standard InChI is InChI=1S/C16H26N2O/c1-3-4-5-6-7-8-9-18-16(19)14-10-13(2)11-15(17)12-14/h10-12H,3-9,17H2,1-2H3,(H,18,19). The summed E-state index contributed by atoms with van der Waals surface area (Å²) in [7, 11) is 0. The van der Waals surface area contributed by atoms with E-state index < -0.39 is 0 Å². The van der Waals surface area contributed by atoms with Crippen molar-refractivity contribution in [2.75, 3.05) is 12.3 Å². The van der Waals surface area contributed by atoms with Crippen LogP contribution in [0.15, 0.2) is 18.2 Å². The monoisotopic (exact) mass is 262 g/mol. The van der Waals surface area contributed by atoms with Crippen molar-refractivity contribution >= 4 is 11.6 Å². The lowest BCUT2D eigenvalue weighted by Gasteiger charge is -2.07. The smallest absolute Gasteiger partial charge is 0.251 e. The number of hydrogen-bond donors (Lipinski definition) is 2. The molecule has 0 aliphatic heterocycles. The Balaban J connectivity index is 2.24. The molecule has 0 aromatic heterocycles. The topological polar surface area (TPSA) is 55.1 Å². The van der Waals surface area contributed by atoms with E-state index in [4.69, 9.17) is 5.73 Å². The maximum absolute atomic E-state index is 11.9. The van der Waals surface area contributed by atoms with Crippen LogP contribution in [-0.2, 0) is 0 Å². The minimum atomic E-state index is -0.0241. The Labute approximate surface area is 116 Å². The van der Waals surface area contributed by atoms with Gasteiger partial charge in [-0.3, -0.25) is 4.79 Å². The van der Waals surface area contributed by atoms with Gasteiger partial charge in [0.2, 0.25) is 0 Å². The van der Waals surface area contributed by atoms with E-state index in [0.29, 0.717) is 11.3 Å². The molecule has 0 saturated heterocycles. The maximum Gasteiger partial charge on any atom is 0.251 e. The van der Waals surface area contributed by atoms with E-state index in [1.165, 1.54) is 32.1 Å². The van der Waals surface area contributed by atoms with Gasteiger partial charge in [0.15, 0.2) is 0 Å². The van der Waals surface area contributed by atoms with Crippen LogP contribution in [0.5, 0.6) is 0 Å². The number of nitrogens with one attached hydrogen (secondary N) is 1. The van der Waals surface area contributed by atoms with E-state index in [9.17, 15) is 4.79 Å². The third kappa shape index (κ3) is 6.27. The number of unbranched alkanes of at least 4 members (excludes halogenated alkanes) is 5. The number of nitrogens with two attached hydrogens (primary N) is 1. The summed E-state index contributed by atoms with van der Waals surface area (Å²) in [6.45, 7) is 4.91. The van der Waals surface area contributed by atoms with Gasteiger partial charge in [0.05, 0.1) is 0 Å². The van der Waals surface area contributed by atoms with E-state index in [1.807, 2.05) is 19.1 Å². The van der Waals surface area contributed by atoms with Gasteiger partial charge in [-0.15, -0.1) is 0 Å². The molecule has 0 fully saturated rings. The summed E-state index contributed by atoms with van der Waals surface area (Å²) in [5.41, 5.74) is 8.06. The van der Waals surface area contributed by atoms with E-state index in [2.05, 4.69) is 12.2 Å². The lowest BCUT2D eigenvalue weighted by atomic mass is 10.1. The highest BCUT2D eigenvalue weighted by molar-refractivity contribution is 5.95. The second-order valence-electron chi connectivity index (χ2n) is 5.16. The molecule has 0 spiro atoms. The molecular weight excluding hydrogens is 236 g/mol. The Kier molecular flexibility index (Phi) is 7.01. The molecule has 0 atom stereocenters. The van der Waals surface area contributed by atoms with Gasteiger partial charge in [-0.05, 0) is 37.1 Å². The molecule has 1 aromatic rings. The average molecular weight is 262 g/mol. The molecule has 0 bridgehead atoms. The van der Waals surface area contributed by atoms with Crippen molar-refractivity contribution in [3.63, 3.8) is 0 Å². The molecule has 106 valence electrons. The molecule has 3 heteroatoms. The number of benzene rings is 1. The molecule has 0 saturated carbocycles. The second-order valence-corrected chi connectivity index (χ2v) is 5.16. The van der Waals surface area contributed by atoms with Crippen molar-refractivity contribution in [3.05, 3.63) is 29.3 Å². The number of hydrogen-bond acceptors (Lipinski definition) is 2. The first-order valence-corrected chi connectivity index (χ1v) is 7.29. The van der Waals surface area contributed by atoms with Crippen molar-refractivity contribution in [1.82, 2.24) is 5.32 Å². The molecule has 1 rings (SSSR count). The first kappa shape index (κ1) is 15.5. The average Bonchev–Trinajstić information content (AvgIpc) is 2.36. The molecule has 3 N–H and O–H groups in total. The number of carbonyl (C=O) groups excluding carboxylic acids is 1. The minimum absolute atomic E-state index is 0.0241. The Morgan fingerprint density at radius 2 is 1.79 bits per heavy atom. The predicted octanol–water partition coefficient (Wildman–Crippen LogP) is 3.67. The number of aryl methyl sites for hydroxylation is 1. The summed E-state index contributed by atoms with van der Waals surface area (Å²) in [5, 5.41) is 2.95. The number of amides is 1. The molecular formula is C16H26N2O. The van der Waals surface area contributed by atoms with Crippen LogP contribution >= 0.6 is 0 Å². The Bertz CT molecular complexity index is 381. The van der Waals surface area contributed by atoms with Crippen molar-refractivity contribution in [1.29, 1.82) is 0 Å². The van der Waals surface area contributed by atoms with E-state index in [0.717, 1.165) is 18.5 Å². The highest BCUT2D eigenvalue weighted by atomic mass is 16.1. The zero-order valence-corrected chi connectivity index (χ0v) is 12.2. The predicted molar refractivity (Wildman–Crippen MR) is 81.3 cm³/mol. The minimum Gasteiger partial charge on any atom is -0.399 e. The molecule has 3 nitrogen and oxygen atoms in total. The lowest BCUT2D eigenvalue weighted by molar-refractivity contribution is 0.0953. The van der Waals surface area contributed by atoms with Crippen molar-refractivity contribution in [3.8, 4) is 0 Å². The largest absolute Gasteiger partial charge is 0.399 e. The van der Waals surface area contributed by atoms with Crippen molar-refractivity contribution in [2.24, 2.45) is 0 Å². The summed E-state index contributed by atoms with van der Waals surface area (Å²) < 4.78 is 0. The third-order valence-corrected chi connectivity index (χ3v) is 3.18. The number of anilines is 1.